The van der Waals surface area contributed by atoms with Crippen LogP contribution in [0.15, 0.2) is 335 Å². The summed E-state index contributed by atoms with van der Waals surface area (Å²) >= 11 is 0. The maximum absolute atomic E-state index is 6.79. The molecular formula is C100H53N9O3. The van der Waals surface area contributed by atoms with Gasteiger partial charge < -0.3 is 13.3 Å². The Hall–Kier alpha value is -15.4. The van der Waals surface area contributed by atoms with Crippen molar-refractivity contribution >= 4 is 225 Å². The van der Waals surface area contributed by atoms with Gasteiger partial charge in [0.05, 0.1) is 71.6 Å². The smallest absolute Gasteiger partial charge is 0.165 e. The molecule has 0 unspecified atom stereocenters. The standard InChI is InChI=1S/C36H19N3O.2C32H17N3O/c1-2-9-21-18-22(17-16-20(21)8-1)23-11-7-12-25-31-30(40-35(23)25)19-26-33-36(38-28-14-5-4-13-27(28)37-33)39-29-15-6-3-10-24(29)32(31)34(26)39;1-2-9-18(10-3-1)19-12-8-13-21-27-26(36-31(19)21)17-22-29-32(34-24-15-6-5-14-23(24)33-29)35-25-16-7-4-11-20(25)28(27)30(22)35;1-2-8-18(9-3-1)19-14-15-26-21(16-19)22-17-23-20-10-4-7-13-27(20)36-31(23)28-29-32(35(26)30(22)28)34-25-12-6-5-11-24(25)33-29/h1-19H;2*1-17H. The van der Waals surface area contributed by atoms with Crippen molar-refractivity contribution in [1.29, 1.82) is 0 Å². The van der Waals surface area contributed by atoms with Crippen LogP contribution < -0.4 is 0 Å². The lowest BCUT2D eigenvalue weighted by atomic mass is 9.98. The predicted molar refractivity (Wildman–Crippen MR) is 458 cm³/mol. The Kier molecular flexibility index (Phi) is 11.8. The van der Waals surface area contributed by atoms with Gasteiger partial charge in [0.1, 0.15) is 50.0 Å². The summed E-state index contributed by atoms with van der Waals surface area (Å²) < 4.78 is 26.8. The van der Waals surface area contributed by atoms with E-state index < -0.39 is 0 Å². The first kappa shape index (κ1) is 59.7. The number of fused-ring (bicyclic) bond motifs is 34. The van der Waals surface area contributed by atoms with Gasteiger partial charge in [-0.15, -0.1) is 0 Å². The van der Waals surface area contributed by atoms with Crippen LogP contribution in [0, 0.1) is 0 Å². The highest BCUT2D eigenvalue weighted by Crippen LogP contribution is 2.51. The molecule has 0 aliphatic heterocycles. The monoisotopic (exact) mass is 1430 g/mol. The van der Waals surface area contributed by atoms with Crippen LogP contribution in [-0.2, 0) is 0 Å². The quantitative estimate of drug-likeness (QED) is 0.170. The number of hydrogen-bond donors (Lipinski definition) is 0. The van der Waals surface area contributed by atoms with E-state index >= 15 is 0 Å². The molecule has 12 heterocycles. The highest BCUT2D eigenvalue weighted by atomic mass is 16.3. The van der Waals surface area contributed by atoms with Gasteiger partial charge in [-0.05, 0) is 124 Å². The van der Waals surface area contributed by atoms with Crippen LogP contribution >= 0.6 is 0 Å². The maximum Gasteiger partial charge on any atom is 0.165 e. The zero-order valence-electron chi connectivity index (χ0n) is 59.3. The third-order valence-corrected chi connectivity index (χ3v) is 23.5. The van der Waals surface area contributed by atoms with Gasteiger partial charge in [-0.3, -0.25) is 13.2 Å². The first-order valence-electron chi connectivity index (χ1n) is 37.7. The fraction of sp³-hybridized carbons (Fsp3) is 0. The summed E-state index contributed by atoms with van der Waals surface area (Å²) in [6, 6.07) is 112. The molecule has 112 heavy (non-hydrogen) atoms. The van der Waals surface area contributed by atoms with E-state index in [1.54, 1.807) is 0 Å². The summed E-state index contributed by atoms with van der Waals surface area (Å²) in [7, 11) is 0. The molecule has 16 aromatic carbocycles. The molecule has 516 valence electrons. The maximum atomic E-state index is 6.79. The number of aromatic nitrogens is 9. The fourth-order valence-corrected chi connectivity index (χ4v) is 18.7. The number of rotatable bonds is 3. The largest absolute Gasteiger partial charge is 0.455 e. The van der Waals surface area contributed by atoms with Gasteiger partial charge in [0.2, 0.25) is 0 Å². The molecule has 28 rings (SSSR count). The van der Waals surface area contributed by atoms with Gasteiger partial charge in [-0.2, -0.15) is 0 Å². The molecule has 0 amide bonds. The summed E-state index contributed by atoms with van der Waals surface area (Å²) in [5.74, 6) is 0. The van der Waals surface area contributed by atoms with E-state index in [-0.39, 0.29) is 0 Å². The van der Waals surface area contributed by atoms with Crippen LogP contribution in [-0.4, -0.2) is 43.1 Å². The summed E-state index contributed by atoms with van der Waals surface area (Å²) in [5.41, 5.74) is 29.8. The van der Waals surface area contributed by atoms with Gasteiger partial charge in [-0.25, -0.2) is 29.9 Å². The number of hydrogen-bond acceptors (Lipinski definition) is 9. The molecule has 0 saturated carbocycles. The average Bonchev–Trinajstić information content (AvgIpc) is 1.53. The van der Waals surface area contributed by atoms with Crippen LogP contribution in [0.3, 0.4) is 0 Å². The van der Waals surface area contributed by atoms with Crippen LogP contribution in [0.1, 0.15) is 0 Å². The van der Waals surface area contributed by atoms with Crippen molar-refractivity contribution in [1.82, 2.24) is 43.1 Å². The summed E-state index contributed by atoms with van der Waals surface area (Å²) in [5, 5.41) is 19.6. The van der Waals surface area contributed by atoms with Crippen LogP contribution in [0.4, 0.5) is 0 Å². The summed E-state index contributed by atoms with van der Waals surface area (Å²) in [4.78, 5) is 30.6. The molecule has 0 radical (unpaired) electrons. The number of benzene rings is 16. The Morgan fingerprint density at radius 2 is 0.634 bits per heavy atom. The Balaban J connectivity index is 0.0000000933. The molecule has 0 atom stereocenters. The van der Waals surface area contributed by atoms with E-state index in [0.717, 1.165) is 204 Å². The Labute approximate surface area is 632 Å². The van der Waals surface area contributed by atoms with Crippen LogP contribution in [0.2, 0.25) is 0 Å². The van der Waals surface area contributed by atoms with E-state index in [0.29, 0.717) is 0 Å². The van der Waals surface area contributed by atoms with Gasteiger partial charge in [0.25, 0.3) is 0 Å². The van der Waals surface area contributed by atoms with Gasteiger partial charge >= 0.3 is 0 Å². The Morgan fingerprint density at radius 3 is 1.21 bits per heavy atom. The predicted octanol–water partition coefficient (Wildman–Crippen LogP) is 26.2. The Morgan fingerprint density at radius 1 is 0.205 bits per heavy atom. The first-order chi connectivity index (χ1) is 55.5. The minimum absolute atomic E-state index is 0.865. The van der Waals surface area contributed by atoms with E-state index in [1.807, 2.05) is 91.0 Å². The van der Waals surface area contributed by atoms with Gasteiger partial charge in [0, 0.05) is 86.5 Å². The second-order valence-electron chi connectivity index (χ2n) is 29.5. The summed E-state index contributed by atoms with van der Waals surface area (Å²) in [6.07, 6.45) is 0. The van der Waals surface area contributed by atoms with Crippen molar-refractivity contribution in [3.63, 3.8) is 0 Å². The molecular weight excluding hydrogens is 1380 g/mol. The number of nitrogens with zero attached hydrogens (tertiary/aromatic N) is 9. The molecule has 0 spiro atoms. The van der Waals surface area contributed by atoms with E-state index in [1.165, 1.54) is 54.2 Å². The molecule has 12 aromatic heterocycles. The lowest BCUT2D eigenvalue weighted by Gasteiger charge is -2.05. The van der Waals surface area contributed by atoms with Crippen LogP contribution in [0.5, 0.6) is 0 Å². The molecule has 0 fully saturated rings. The third kappa shape index (κ3) is 8.11. The molecule has 0 aliphatic carbocycles. The molecule has 0 saturated heterocycles. The Bertz CT molecular complexity index is 8920. The normalized spacial score (nSPS) is 12.5. The molecule has 28 aromatic rings. The highest BCUT2D eigenvalue weighted by molar-refractivity contribution is 6.37. The molecule has 0 N–H and O–H groups in total. The zero-order valence-corrected chi connectivity index (χ0v) is 59.3. The van der Waals surface area contributed by atoms with E-state index in [9.17, 15) is 0 Å². The van der Waals surface area contributed by atoms with Crippen molar-refractivity contribution < 1.29 is 13.3 Å². The SMILES string of the molecule is c1ccc(-c2ccc3c(c2)c2cc4c5ccccc5oc4c4c5nc6ccccc6nc5n3c24)cc1.c1ccc(-c2cccc3c2oc2cc4c5nc6ccccc6nc5n5c6ccccc6c(c23)c45)cc1.c1ccc2cc(-c3cccc4c3oc3cc5c6nc7ccccc7nc6n6c7ccccc7c(c34)c56)ccc2c1. The molecule has 12 heteroatoms. The topological polar surface area (TPSA) is 130 Å². The first-order valence-corrected chi connectivity index (χ1v) is 37.7. The number of furan rings is 3. The van der Waals surface area contributed by atoms with Crippen LogP contribution in [0.25, 0.3) is 258 Å². The third-order valence-electron chi connectivity index (χ3n) is 23.5. The van der Waals surface area contributed by atoms with Crippen molar-refractivity contribution in [2.75, 3.05) is 0 Å². The average molecular weight is 1430 g/mol. The van der Waals surface area contributed by atoms with Gasteiger partial charge in [-0.1, -0.05) is 231 Å². The van der Waals surface area contributed by atoms with E-state index in [4.69, 9.17) is 43.2 Å². The second kappa shape index (κ2) is 22.1. The minimum Gasteiger partial charge on any atom is -0.455 e. The minimum atomic E-state index is 0.865. The lowest BCUT2D eigenvalue weighted by molar-refractivity contribution is 0.670. The van der Waals surface area contributed by atoms with Crippen molar-refractivity contribution in [3.8, 4) is 33.4 Å². The van der Waals surface area contributed by atoms with Crippen molar-refractivity contribution in [2.24, 2.45) is 0 Å². The van der Waals surface area contributed by atoms with Gasteiger partial charge in [0.15, 0.2) is 16.9 Å². The van der Waals surface area contributed by atoms with Crippen molar-refractivity contribution in [3.05, 3.63) is 322 Å². The van der Waals surface area contributed by atoms with E-state index in [2.05, 4.69) is 244 Å². The molecule has 0 bridgehead atoms. The fourth-order valence-electron chi connectivity index (χ4n) is 18.7. The summed E-state index contributed by atoms with van der Waals surface area (Å²) in [6.45, 7) is 0. The number of para-hydroxylation sites is 11. The molecule has 0 aliphatic rings. The zero-order chi connectivity index (χ0) is 72.7. The lowest BCUT2D eigenvalue weighted by Crippen LogP contribution is -1.89. The molecule has 12 nitrogen and oxygen atoms in total. The van der Waals surface area contributed by atoms with Crippen molar-refractivity contribution in [2.45, 2.75) is 0 Å². The second-order valence-corrected chi connectivity index (χ2v) is 29.5. The highest BCUT2D eigenvalue weighted by Gasteiger charge is 2.30.